The number of halogens is 5. The van der Waals surface area contributed by atoms with E-state index < -0.39 is 5.60 Å². The molecule has 0 N–H and O–H groups in total. The molecule has 2 amide bonds. The van der Waals surface area contributed by atoms with Gasteiger partial charge in [0.05, 0.1) is 17.4 Å². The number of hydrogen-bond donors (Lipinski definition) is 0. The number of carbonyl (C=O) groups is 2. The number of piperazine rings is 1. The van der Waals surface area contributed by atoms with Crippen LogP contribution in [0.25, 0.3) is 0 Å². The van der Waals surface area contributed by atoms with Gasteiger partial charge >= 0.3 is 12.2 Å². The van der Waals surface area contributed by atoms with Crippen molar-refractivity contribution in [3.05, 3.63) is 38.2 Å². The van der Waals surface area contributed by atoms with Crippen LogP contribution in [0.1, 0.15) is 60.8 Å². The van der Waals surface area contributed by atoms with Gasteiger partial charge in [0.2, 0.25) is 10.6 Å². The molecule has 2 aliphatic rings. The summed E-state index contributed by atoms with van der Waals surface area (Å²) < 4.78 is 10.6. The van der Waals surface area contributed by atoms with Crippen molar-refractivity contribution in [1.82, 2.24) is 29.7 Å². The van der Waals surface area contributed by atoms with Crippen molar-refractivity contribution >= 4 is 76.0 Å². The Hall–Kier alpha value is -2.05. The number of hydrogen-bond acceptors (Lipinski definition) is 9. The van der Waals surface area contributed by atoms with Crippen LogP contribution in [-0.4, -0.2) is 92.4 Å². The van der Waals surface area contributed by atoms with Crippen LogP contribution in [0, 0.1) is 0 Å². The van der Waals surface area contributed by atoms with Crippen LogP contribution in [0.3, 0.4) is 0 Å². The number of anilines is 1. The predicted molar refractivity (Wildman–Crippen MR) is 171 cm³/mol. The molecule has 11 nitrogen and oxygen atoms in total. The van der Waals surface area contributed by atoms with Crippen molar-refractivity contribution in [1.29, 1.82) is 0 Å². The Morgan fingerprint density at radius 3 is 1.53 bits per heavy atom. The summed E-state index contributed by atoms with van der Waals surface area (Å²) in [5.74, 6) is 0.598. The van der Waals surface area contributed by atoms with Gasteiger partial charge in [-0.1, -0.05) is 34.8 Å². The van der Waals surface area contributed by atoms with Crippen molar-refractivity contribution in [3.63, 3.8) is 0 Å². The fourth-order valence-electron chi connectivity index (χ4n) is 3.72. The summed E-state index contributed by atoms with van der Waals surface area (Å²) in [6, 6.07) is 0. The third kappa shape index (κ3) is 14.1. The zero-order valence-electron chi connectivity index (χ0n) is 25.2. The van der Waals surface area contributed by atoms with Gasteiger partial charge in [0, 0.05) is 39.3 Å². The average molecular weight is 702 g/mol. The van der Waals surface area contributed by atoms with Crippen LogP contribution in [-0.2, 0) is 9.47 Å². The number of likely N-dealkylation sites (tertiary alicyclic amines) is 1. The number of carbonyl (C=O) groups excluding carboxylic acids is 2. The smallest absolute Gasteiger partial charge is 0.410 e. The van der Waals surface area contributed by atoms with E-state index in [0.717, 1.165) is 25.9 Å². The van der Waals surface area contributed by atoms with E-state index in [1.54, 1.807) is 9.80 Å². The lowest BCUT2D eigenvalue weighted by Gasteiger charge is -2.36. The third-order valence-electron chi connectivity index (χ3n) is 5.61. The van der Waals surface area contributed by atoms with Gasteiger partial charge in [0.25, 0.3) is 0 Å². The number of rotatable bonds is 1. The van der Waals surface area contributed by atoms with Crippen molar-refractivity contribution in [2.45, 2.75) is 72.0 Å². The Balaban J connectivity index is 0.000000249. The molecule has 43 heavy (non-hydrogen) atoms. The average Bonchev–Trinajstić information content (AvgIpc) is 2.92. The van der Waals surface area contributed by atoms with Crippen LogP contribution in [0.15, 0.2) is 12.4 Å². The zero-order valence-corrected chi connectivity index (χ0v) is 29.0. The van der Waals surface area contributed by atoms with Crippen molar-refractivity contribution in [2.75, 3.05) is 44.2 Å². The zero-order chi connectivity index (χ0) is 32.4. The number of aromatic nitrogens is 4. The summed E-state index contributed by atoms with van der Waals surface area (Å²) in [5, 5.41) is 1.19. The molecule has 16 heteroatoms. The third-order valence-corrected chi connectivity index (χ3v) is 6.90. The molecule has 4 rings (SSSR count). The second kappa shape index (κ2) is 16.9. The minimum atomic E-state index is -0.488. The van der Waals surface area contributed by atoms with Gasteiger partial charge in [-0.15, -0.1) is 0 Å². The van der Waals surface area contributed by atoms with Crippen molar-refractivity contribution in [2.24, 2.45) is 0 Å². The first-order chi connectivity index (χ1) is 19.9. The minimum absolute atomic E-state index is 0.101. The van der Waals surface area contributed by atoms with Gasteiger partial charge in [-0.25, -0.2) is 24.5 Å². The van der Waals surface area contributed by atoms with E-state index in [0.29, 0.717) is 42.0 Å². The largest absolute Gasteiger partial charge is 0.444 e. The Kier molecular flexibility index (Phi) is 14.6. The first kappa shape index (κ1) is 37.1. The van der Waals surface area contributed by atoms with Gasteiger partial charge in [0.15, 0.2) is 11.0 Å². The van der Waals surface area contributed by atoms with Gasteiger partial charge in [0.1, 0.15) is 16.2 Å². The first-order valence-corrected chi connectivity index (χ1v) is 15.6. The summed E-state index contributed by atoms with van der Waals surface area (Å²) in [5.41, 5.74) is -0.855. The molecule has 2 aromatic rings. The molecule has 2 saturated heterocycles. The highest BCUT2D eigenvalue weighted by atomic mass is 35.5. The maximum absolute atomic E-state index is 12.0. The molecular weight excluding hydrogens is 664 g/mol. The van der Waals surface area contributed by atoms with E-state index in [9.17, 15) is 9.59 Å². The Bertz CT molecular complexity index is 1210. The summed E-state index contributed by atoms with van der Waals surface area (Å²) in [6.45, 7) is 15.3. The summed E-state index contributed by atoms with van der Waals surface area (Å²) in [7, 11) is 0. The quantitative estimate of drug-likeness (QED) is 0.218. The maximum atomic E-state index is 12.0. The highest BCUT2D eigenvalue weighted by molar-refractivity contribution is 6.41. The van der Waals surface area contributed by atoms with Crippen LogP contribution in [0.4, 0.5) is 15.4 Å². The fourth-order valence-corrected chi connectivity index (χ4v) is 4.45. The van der Waals surface area contributed by atoms with Crippen LogP contribution >= 0.6 is 58.0 Å². The molecule has 2 aromatic heterocycles. The van der Waals surface area contributed by atoms with Gasteiger partial charge in [-0.3, -0.25) is 0 Å². The minimum Gasteiger partial charge on any atom is -0.444 e. The van der Waals surface area contributed by atoms with E-state index in [2.05, 4.69) is 19.9 Å². The van der Waals surface area contributed by atoms with Gasteiger partial charge in [-0.05, 0) is 84.0 Å². The van der Waals surface area contributed by atoms with Gasteiger partial charge < -0.3 is 24.2 Å². The highest BCUT2D eigenvalue weighted by Crippen LogP contribution is 2.25. The monoisotopic (exact) mass is 699 g/mol. The molecule has 0 saturated carbocycles. The van der Waals surface area contributed by atoms with E-state index in [1.807, 2.05) is 46.4 Å². The molecule has 240 valence electrons. The number of ether oxygens (including phenoxy) is 2. The SMILES string of the molecule is CC(C)(C)OC(=O)N1CCCCC1.CC(C)(C)OC(=O)N1CCN(c2nc(Cl)ncc2Cl)CC1.Clc1ncc(Cl)c(Cl)n1. The molecule has 2 aliphatic heterocycles. The molecule has 0 aliphatic carbocycles. The summed E-state index contributed by atoms with van der Waals surface area (Å²) >= 11 is 28.1. The predicted octanol–water partition coefficient (Wildman–Crippen LogP) is 7.68. The molecule has 0 radical (unpaired) electrons. The second-order valence-corrected chi connectivity index (χ2v) is 13.4. The summed E-state index contributed by atoms with van der Waals surface area (Å²) in [4.78, 5) is 44.1. The summed E-state index contributed by atoms with van der Waals surface area (Å²) in [6.07, 6.45) is 5.82. The van der Waals surface area contributed by atoms with Crippen molar-refractivity contribution < 1.29 is 19.1 Å². The number of nitrogens with zero attached hydrogens (tertiary/aromatic N) is 7. The molecule has 0 aromatic carbocycles. The van der Waals surface area contributed by atoms with E-state index in [-0.39, 0.29) is 33.5 Å². The van der Waals surface area contributed by atoms with Crippen LogP contribution in [0.2, 0.25) is 25.8 Å². The van der Waals surface area contributed by atoms with E-state index >= 15 is 0 Å². The second-order valence-electron chi connectivity index (χ2n) is 11.6. The van der Waals surface area contributed by atoms with Gasteiger partial charge in [-0.2, -0.15) is 4.98 Å². The molecule has 0 bridgehead atoms. The Labute approximate surface area is 278 Å². The first-order valence-electron chi connectivity index (χ1n) is 13.7. The van der Waals surface area contributed by atoms with Crippen molar-refractivity contribution in [3.8, 4) is 0 Å². The molecule has 0 unspecified atom stereocenters. The molecule has 0 atom stereocenters. The van der Waals surface area contributed by atoms with Crippen LogP contribution < -0.4 is 4.90 Å². The topological polar surface area (TPSA) is 114 Å². The number of piperidine rings is 1. The highest BCUT2D eigenvalue weighted by Gasteiger charge is 2.27. The fraction of sp³-hybridized carbons (Fsp3) is 0.630. The lowest BCUT2D eigenvalue weighted by atomic mass is 10.1. The Morgan fingerprint density at radius 1 is 0.651 bits per heavy atom. The number of amides is 2. The normalized spacial score (nSPS) is 15.5. The standard InChI is InChI=1S/C13H18Cl2N4O2.C10H19NO2.C4HCl3N2/c1-13(2,3)21-12(20)19-6-4-18(5-7-19)10-9(14)8-16-11(15)17-10;1-10(2,3)13-9(12)11-7-5-4-6-8-11;5-2-1-8-4(7)9-3(2)6/h8H,4-7H2,1-3H3;4-8H2,1-3H3;1H. The molecular formula is C27H38Cl5N7O4. The van der Waals surface area contributed by atoms with Crippen LogP contribution in [0.5, 0.6) is 0 Å². The molecule has 4 heterocycles. The molecule has 0 spiro atoms. The lowest BCUT2D eigenvalue weighted by Crippen LogP contribution is -2.50. The molecule has 2 fully saturated rings. The van der Waals surface area contributed by atoms with E-state index in [4.69, 9.17) is 67.5 Å². The maximum Gasteiger partial charge on any atom is 0.410 e. The lowest BCUT2D eigenvalue weighted by molar-refractivity contribution is 0.0212. The van der Waals surface area contributed by atoms with E-state index in [1.165, 1.54) is 18.8 Å². The Morgan fingerprint density at radius 2 is 1.09 bits per heavy atom.